The number of hydrogen-bond acceptors (Lipinski definition) is 16. The maximum atomic E-state index is 12.5. The maximum absolute atomic E-state index is 12.5. The minimum atomic E-state index is -1.28. The fourth-order valence-corrected chi connectivity index (χ4v) is 16.5. The lowest BCUT2D eigenvalue weighted by Crippen LogP contribution is -2.68. The minimum Gasteiger partial charge on any atom is -0.379 e. The number of hydrogen-bond donors (Lipinski definition) is 1. The van der Waals surface area contributed by atoms with Gasteiger partial charge in [-0.15, -0.1) is 0 Å². The van der Waals surface area contributed by atoms with Crippen LogP contribution in [0.3, 0.4) is 0 Å². The van der Waals surface area contributed by atoms with Crippen molar-refractivity contribution < 1.29 is 76.2 Å². The Bertz CT molecular complexity index is 1940. The summed E-state index contributed by atoms with van der Waals surface area (Å²) in [6.45, 7) is 28.9. The zero-order chi connectivity index (χ0) is 81.9. The molecule has 0 unspecified atom stereocenters. The first-order valence-corrected chi connectivity index (χ1v) is 50.3. The Hall–Kier alpha value is -0.640. The van der Waals surface area contributed by atoms with E-state index in [2.05, 4.69) is 69.2 Å². The molecular formula is C98H192O16. The van der Waals surface area contributed by atoms with Crippen LogP contribution in [0, 0.1) is 0 Å². The highest BCUT2D eigenvalue weighted by molar-refractivity contribution is 5.00. The number of aliphatic hydroxyl groups is 1. The van der Waals surface area contributed by atoms with Gasteiger partial charge in [0.25, 0.3) is 0 Å². The Kier molecular flexibility index (Phi) is 75.0. The fourth-order valence-electron chi connectivity index (χ4n) is 16.5. The Morgan fingerprint density at radius 1 is 0.175 bits per heavy atom. The second-order valence-electron chi connectivity index (χ2n) is 34.6. The van der Waals surface area contributed by atoms with Crippen LogP contribution in [-0.2, 0) is 71.1 Å². The van der Waals surface area contributed by atoms with Crippen LogP contribution >= 0.6 is 0 Å². The largest absolute Gasteiger partial charge is 0.379 e. The maximum Gasteiger partial charge on any atom is 0.187 e. The molecule has 16 heteroatoms. The lowest BCUT2D eigenvalue weighted by Gasteiger charge is -2.51. The smallest absolute Gasteiger partial charge is 0.187 e. The van der Waals surface area contributed by atoms with Crippen molar-refractivity contribution in [2.24, 2.45) is 0 Å². The minimum absolute atomic E-state index is 0.191. The van der Waals surface area contributed by atoms with Gasteiger partial charge in [-0.05, 0) is 64.2 Å². The Morgan fingerprint density at radius 2 is 0.351 bits per heavy atom. The quantitative estimate of drug-likeness (QED) is 0.0573. The third kappa shape index (κ3) is 52.7. The van der Waals surface area contributed by atoms with Crippen LogP contribution in [0.1, 0.15) is 454 Å². The summed E-state index contributed by atoms with van der Waals surface area (Å²) in [6.07, 6.45) is 56.4. The summed E-state index contributed by atoms with van der Waals surface area (Å²) >= 11 is 0. The first kappa shape index (κ1) is 108. The number of aliphatic hydroxyl groups excluding tert-OH is 1. The number of unbranched alkanes of at least 4 members (excludes halogenated alkanes) is 50. The molecule has 0 aromatic heterocycles. The van der Waals surface area contributed by atoms with Crippen molar-refractivity contribution in [1.82, 2.24) is 0 Å². The van der Waals surface area contributed by atoms with Gasteiger partial charge < -0.3 is 76.2 Å². The zero-order valence-electron chi connectivity index (χ0n) is 76.8. The van der Waals surface area contributed by atoms with Gasteiger partial charge in [0.2, 0.25) is 0 Å². The first-order chi connectivity index (χ1) is 56.3. The standard InChI is InChI=1S/C98H192O16/c1-11-21-31-41-51-61-71-100-81-84-87(103-74-64-54-44-34-24-14-4)90(104-75-65-55-45-35-25-15-5)94(108-79-69-59-49-39-29-19-9)97(111-84)114-89-86(83-102-73-63-53-43-33-23-13-3)112-98(95(109-80-70-60-50-40-30-20-10)92(89)106-77-67-57-47-37-27-17-7)113-88-85(82-101-72-62-52-42-32-22-12-2)110-96(99)93(107-78-68-58-48-38-28-18-8)91(88)105-76-66-56-46-36-26-16-6/h84-99H,11-83H2,1-10H3/t84-,85-,86-,87-,88-,89-,90+,91+,92+,93-,94-,95-,96+,97-,98-/m1/s1. The van der Waals surface area contributed by atoms with Crippen molar-refractivity contribution in [2.75, 3.05) is 85.9 Å². The summed E-state index contributed by atoms with van der Waals surface area (Å²) in [6, 6.07) is 0. The van der Waals surface area contributed by atoms with Crippen molar-refractivity contribution in [3.8, 4) is 0 Å². The SMILES string of the molecule is CCCCCCCCOC[C@H]1O[C@H](O)[C@H](OCCCCCCCC)[C@@H](OCCCCCCCC)[C@@H]1O[C@H]1O[C@H](COCCCCCCCC)[C@@H](O[C@H]2O[C@H](COCCCCCCCC)[C@@H](OCCCCCCCC)[C@H](OCCCCCCCC)[C@H]2OCCCCCCCC)[C@H](OCCCCCCCC)[C@H]1OCCCCCCCC. The highest BCUT2D eigenvalue weighted by Crippen LogP contribution is 2.39. The van der Waals surface area contributed by atoms with E-state index in [1.807, 2.05) is 0 Å². The van der Waals surface area contributed by atoms with Crippen LogP contribution in [-0.4, -0.2) is 183 Å². The van der Waals surface area contributed by atoms with E-state index in [1.165, 1.54) is 231 Å². The predicted molar refractivity (Wildman–Crippen MR) is 472 cm³/mol. The van der Waals surface area contributed by atoms with Gasteiger partial charge >= 0.3 is 0 Å². The molecule has 0 aromatic rings. The average Bonchev–Trinajstić information content (AvgIpc) is 0.765. The number of rotatable bonds is 87. The van der Waals surface area contributed by atoms with Crippen molar-refractivity contribution in [3.05, 3.63) is 0 Å². The molecule has 3 aliphatic rings. The fraction of sp³-hybridized carbons (Fsp3) is 1.00. The Labute approximate surface area is 705 Å². The molecule has 680 valence electrons. The molecule has 16 nitrogen and oxygen atoms in total. The van der Waals surface area contributed by atoms with Gasteiger partial charge in [-0.3, -0.25) is 0 Å². The topological polar surface area (TPSA) is 159 Å². The summed E-state index contributed by atoms with van der Waals surface area (Å²) in [5, 5.41) is 12.5. The third-order valence-corrected chi connectivity index (χ3v) is 23.8. The van der Waals surface area contributed by atoms with E-state index in [4.69, 9.17) is 71.1 Å². The van der Waals surface area contributed by atoms with Gasteiger partial charge in [0.15, 0.2) is 18.9 Å². The van der Waals surface area contributed by atoms with E-state index < -0.39 is 92.1 Å². The molecule has 3 heterocycles. The summed E-state index contributed by atoms with van der Waals surface area (Å²) in [5.41, 5.74) is 0. The third-order valence-electron chi connectivity index (χ3n) is 23.8. The second kappa shape index (κ2) is 79.5. The molecule has 0 bridgehead atoms. The van der Waals surface area contributed by atoms with Crippen molar-refractivity contribution >= 4 is 0 Å². The lowest BCUT2D eigenvalue weighted by molar-refractivity contribution is -0.391. The molecule has 0 aliphatic carbocycles. The monoisotopic (exact) mass is 1630 g/mol. The van der Waals surface area contributed by atoms with Gasteiger partial charge in [0.05, 0.1) is 19.8 Å². The lowest BCUT2D eigenvalue weighted by atomic mass is 9.95. The highest BCUT2D eigenvalue weighted by atomic mass is 16.8. The van der Waals surface area contributed by atoms with Crippen LogP contribution < -0.4 is 0 Å². The van der Waals surface area contributed by atoms with Gasteiger partial charge in [-0.2, -0.15) is 0 Å². The van der Waals surface area contributed by atoms with E-state index in [0.29, 0.717) is 72.7 Å². The normalized spacial score (nSPS) is 24.1. The predicted octanol–water partition coefficient (Wildman–Crippen LogP) is 26.3. The Balaban J connectivity index is 2.47. The summed E-state index contributed by atoms with van der Waals surface area (Å²) in [4.78, 5) is 0. The van der Waals surface area contributed by atoms with E-state index in [0.717, 1.165) is 154 Å². The van der Waals surface area contributed by atoms with Gasteiger partial charge in [0.1, 0.15) is 73.2 Å². The van der Waals surface area contributed by atoms with Gasteiger partial charge in [-0.25, -0.2) is 0 Å². The molecule has 0 radical (unpaired) electrons. The van der Waals surface area contributed by atoms with Crippen LogP contribution in [0.2, 0.25) is 0 Å². The van der Waals surface area contributed by atoms with Crippen LogP contribution in [0.4, 0.5) is 0 Å². The molecule has 3 rings (SSSR count). The van der Waals surface area contributed by atoms with Crippen molar-refractivity contribution in [3.63, 3.8) is 0 Å². The molecule has 15 atom stereocenters. The molecule has 1 N–H and O–H groups in total. The Morgan fingerprint density at radius 3 is 0.605 bits per heavy atom. The molecule has 114 heavy (non-hydrogen) atoms. The highest BCUT2D eigenvalue weighted by Gasteiger charge is 2.57. The molecule has 3 saturated heterocycles. The molecule has 0 amide bonds. The first-order valence-electron chi connectivity index (χ1n) is 50.3. The van der Waals surface area contributed by atoms with Crippen molar-refractivity contribution in [2.45, 2.75) is 547 Å². The summed E-state index contributed by atoms with van der Waals surface area (Å²) < 4.78 is 110. The summed E-state index contributed by atoms with van der Waals surface area (Å²) in [5.74, 6) is 0. The van der Waals surface area contributed by atoms with E-state index in [1.54, 1.807) is 0 Å². The summed E-state index contributed by atoms with van der Waals surface area (Å²) in [7, 11) is 0. The molecule has 3 aliphatic heterocycles. The van der Waals surface area contributed by atoms with Crippen LogP contribution in [0.25, 0.3) is 0 Å². The van der Waals surface area contributed by atoms with Gasteiger partial charge in [-0.1, -0.05) is 390 Å². The molecule has 0 aromatic carbocycles. The van der Waals surface area contributed by atoms with E-state index >= 15 is 0 Å². The molecule has 3 fully saturated rings. The zero-order valence-corrected chi connectivity index (χ0v) is 76.8. The van der Waals surface area contributed by atoms with E-state index in [9.17, 15) is 5.11 Å². The van der Waals surface area contributed by atoms with Crippen LogP contribution in [0.5, 0.6) is 0 Å². The van der Waals surface area contributed by atoms with Gasteiger partial charge in [0, 0.05) is 66.1 Å². The molecule has 0 saturated carbocycles. The van der Waals surface area contributed by atoms with E-state index in [-0.39, 0.29) is 13.2 Å². The second-order valence-corrected chi connectivity index (χ2v) is 34.6. The van der Waals surface area contributed by atoms with Crippen LogP contribution in [0.15, 0.2) is 0 Å². The molecule has 0 spiro atoms. The average molecular weight is 1630 g/mol. The van der Waals surface area contributed by atoms with Crippen molar-refractivity contribution in [1.29, 1.82) is 0 Å². The number of ether oxygens (including phenoxy) is 15. The molecular weight excluding hydrogens is 1430 g/mol.